The highest BCUT2D eigenvalue weighted by Crippen LogP contribution is 2.12. The molecule has 0 rings (SSSR count). The number of rotatable bonds is 6. The summed E-state index contributed by atoms with van der Waals surface area (Å²) in [4.78, 5) is 22.2. The molecule has 0 aromatic heterocycles. The number of amides is 2. The van der Waals surface area contributed by atoms with Crippen molar-refractivity contribution in [3.63, 3.8) is 0 Å². The van der Waals surface area contributed by atoms with Crippen LogP contribution in [0.2, 0.25) is 0 Å². The molecule has 2 amide bonds. The molecule has 0 saturated heterocycles. The maximum absolute atomic E-state index is 11.8. The molecule has 5 nitrogen and oxygen atoms in total. The smallest absolute Gasteiger partial charge is 0.355 e. The van der Waals surface area contributed by atoms with Crippen LogP contribution in [-0.4, -0.2) is 43.7 Å². The molecule has 0 spiro atoms. The first-order valence-electron chi connectivity index (χ1n) is 5.10. The van der Waals surface area contributed by atoms with Gasteiger partial charge in [0.2, 0.25) is 11.8 Å². The van der Waals surface area contributed by atoms with Crippen molar-refractivity contribution in [1.29, 1.82) is 0 Å². The van der Waals surface area contributed by atoms with Crippen molar-refractivity contribution in [2.45, 2.75) is 26.1 Å². The second-order valence-electron chi connectivity index (χ2n) is 3.39. The standard InChI is InChI=1S/C9H16F3N3O2/c1-3-13-7(16)4-14-6(2)8(17)15-5-9(10,11)12/h6,14H,3-5H2,1-2H3,(H,13,16)(H,15,17). The van der Waals surface area contributed by atoms with Crippen LogP contribution >= 0.6 is 0 Å². The monoisotopic (exact) mass is 255 g/mol. The molecular weight excluding hydrogens is 239 g/mol. The molecule has 17 heavy (non-hydrogen) atoms. The summed E-state index contributed by atoms with van der Waals surface area (Å²) in [7, 11) is 0. The van der Waals surface area contributed by atoms with Gasteiger partial charge in [0.1, 0.15) is 6.54 Å². The van der Waals surface area contributed by atoms with Crippen LogP contribution in [0.5, 0.6) is 0 Å². The summed E-state index contributed by atoms with van der Waals surface area (Å²) >= 11 is 0. The van der Waals surface area contributed by atoms with E-state index in [4.69, 9.17) is 0 Å². The van der Waals surface area contributed by atoms with Crippen molar-refractivity contribution in [2.75, 3.05) is 19.6 Å². The molecule has 100 valence electrons. The highest BCUT2D eigenvalue weighted by Gasteiger charge is 2.28. The Hall–Kier alpha value is -1.31. The molecule has 0 aliphatic heterocycles. The van der Waals surface area contributed by atoms with Gasteiger partial charge in [-0.3, -0.25) is 14.9 Å². The van der Waals surface area contributed by atoms with Crippen LogP contribution in [0.1, 0.15) is 13.8 Å². The van der Waals surface area contributed by atoms with Gasteiger partial charge in [-0.2, -0.15) is 13.2 Å². The van der Waals surface area contributed by atoms with Crippen molar-refractivity contribution in [1.82, 2.24) is 16.0 Å². The van der Waals surface area contributed by atoms with E-state index in [0.29, 0.717) is 6.54 Å². The van der Waals surface area contributed by atoms with E-state index in [-0.39, 0.29) is 12.5 Å². The Bertz CT molecular complexity index is 269. The van der Waals surface area contributed by atoms with Crippen LogP contribution in [0.3, 0.4) is 0 Å². The SMILES string of the molecule is CCNC(=O)CNC(C)C(=O)NCC(F)(F)F. The van der Waals surface area contributed by atoms with Crippen molar-refractivity contribution in [2.24, 2.45) is 0 Å². The molecule has 0 aliphatic rings. The van der Waals surface area contributed by atoms with Gasteiger partial charge < -0.3 is 10.6 Å². The van der Waals surface area contributed by atoms with Crippen LogP contribution in [0.4, 0.5) is 13.2 Å². The molecule has 1 unspecified atom stereocenters. The molecule has 3 N–H and O–H groups in total. The molecule has 0 heterocycles. The molecule has 1 atom stereocenters. The minimum Gasteiger partial charge on any atom is -0.355 e. The zero-order valence-electron chi connectivity index (χ0n) is 9.65. The third-order valence-electron chi connectivity index (χ3n) is 1.80. The van der Waals surface area contributed by atoms with E-state index in [1.807, 2.05) is 0 Å². The van der Waals surface area contributed by atoms with Crippen LogP contribution in [0.25, 0.3) is 0 Å². The predicted octanol–water partition coefficient (Wildman–Crippen LogP) is -0.221. The minimum atomic E-state index is -4.44. The molecule has 0 aromatic carbocycles. The maximum atomic E-state index is 11.8. The van der Waals surface area contributed by atoms with Gasteiger partial charge in [-0.05, 0) is 13.8 Å². The van der Waals surface area contributed by atoms with Gasteiger partial charge in [-0.1, -0.05) is 0 Å². The number of carbonyl (C=O) groups excluding carboxylic acids is 2. The fourth-order valence-corrected chi connectivity index (χ4v) is 0.939. The Morgan fingerprint density at radius 2 is 1.82 bits per heavy atom. The zero-order chi connectivity index (χ0) is 13.5. The highest BCUT2D eigenvalue weighted by molar-refractivity contribution is 5.83. The van der Waals surface area contributed by atoms with Crippen LogP contribution in [0.15, 0.2) is 0 Å². The normalized spacial score (nSPS) is 13.0. The second-order valence-corrected chi connectivity index (χ2v) is 3.39. The number of nitrogens with one attached hydrogen (secondary N) is 3. The topological polar surface area (TPSA) is 70.2 Å². The summed E-state index contributed by atoms with van der Waals surface area (Å²) < 4.78 is 35.4. The number of hydrogen-bond donors (Lipinski definition) is 3. The number of alkyl halides is 3. The van der Waals surface area contributed by atoms with Gasteiger partial charge >= 0.3 is 6.18 Å². The van der Waals surface area contributed by atoms with Crippen LogP contribution in [0, 0.1) is 0 Å². The lowest BCUT2D eigenvalue weighted by atomic mass is 10.3. The van der Waals surface area contributed by atoms with Gasteiger partial charge in [0.15, 0.2) is 0 Å². The summed E-state index contributed by atoms with van der Waals surface area (Å²) in [5.41, 5.74) is 0. The Morgan fingerprint density at radius 3 is 2.29 bits per heavy atom. The first kappa shape index (κ1) is 15.7. The second kappa shape index (κ2) is 7.10. The van der Waals surface area contributed by atoms with E-state index < -0.39 is 24.7 Å². The van der Waals surface area contributed by atoms with Crippen LogP contribution < -0.4 is 16.0 Å². The number of hydrogen-bond acceptors (Lipinski definition) is 3. The van der Waals surface area contributed by atoms with Crippen molar-refractivity contribution in [3.8, 4) is 0 Å². The summed E-state index contributed by atoms with van der Waals surface area (Å²) in [6, 6.07) is -0.861. The first-order valence-corrected chi connectivity index (χ1v) is 5.10. The molecule has 0 fully saturated rings. The zero-order valence-corrected chi connectivity index (χ0v) is 9.65. The number of carbonyl (C=O) groups is 2. The van der Waals surface area contributed by atoms with Gasteiger partial charge in [-0.15, -0.1) is 0 Å². The summed E-state index contributed by atoms with van der Waals surface area (Å²) in [6.45, 7) is 2.07. The quantitative estimate of drug-likeness (QED) is 0.614. The third-order valence-corrected chi connectivity index (χ3v) is 1.80. The predicted molar refractivity (Wildman–Crippen MR) is 55.2 cm³/mol. The average molecular weight is 255 g/mol. The van der Waals surface area contributed by atoms with E-state index in [9.17, 15) is 22.8 Å². The van der Waals surface area contributed by atoms with Gasteiger partial charge in [0, 0.05) is 6.54 Å². The third kappa shape index (κ3) is 8.49. The Kier molecular flexibility index (Phi) is 6.55. The van der Waals surface area contributed by atoms with Crippen molar-refractivity contribution < 1.29 is 22.8 Å². The van der Waals surface area contributed by atoms with E-state index in [2.05, 4.69) is 10.6 Å². The molecule has 0 aromatic rings. The van der Waals surface area contributed by atoms with E-state index in [1.165, 1.54) is 6.92 Å². The van der Waals surface area contributed by atoms with Gasteiger partial charge in [0.05, 0.1) is 12.6 Å². The minimum absolute atomic E-state index is 0.117. The fourth-order valence-electron chi connectivity index (χ4n) is 0.939. The van der Waals surface area contributed by atoms with Crippen LogP contribution in [-0.2, 0) is 9.59 Å². The van der Waals surface area contributed by atoms with E-state index in [1.54, 1.807) is 12.2 Å². The first-order chi connectivity index (χ1) is 7.76. The summed E-state index contributed by atoms with van der Waals surface area (Å²) in [5, 5.41) is 6.71. The van der Waals surface area contributed by atoms with E-state index >= 15 is 0 Å². The molecule has 8 heteroatoms. The van der Waals surface area contributed by atoms with Crippen molar-refractivity contribution >= 4 is 11.8 Å². The van der Waals surface area contributed by atoms with Crippen molar-refractivity contribution in [3.05, 3.63) is 0 Å². The molecule has 0 saturated carbocycles. The number of halogens is 3. The molecule has 0 radical (unpaired) electrons. The van der Waals surface area contributed by atoms with Gasteiger partial charge in [-0.25, -0.2) is 0 Å². The molecule has 0 aliphatic carbocycles. The Balaban J connectivity index is 3.86. The lowest BCUT2D eigenvalue weighted by Crippen LogP contribution is -2.47. The van der Waals surface area contributed by atoms with Gasteiger partial charge in [0.25, 0.3) is 0 Å². The summed E-state index contributed by atoms with van der Waals surface area (Å²) in [5.74, 6) is -1.12. The average Bonchev–Trinajstić information content (AvgIpc) is 2.22. The van der Waals surface area contributed by atoms with E-state index in [0.717, 1.165) is 0 Å². The fraction of sp³-hybridized carbons (Fsp3) is 0.778. The lowest BCUT2D eigenvalue weighted by Gasteiger charge is -2.14. The molecule has 0 bridgehead atoms. The maximum Gasteiger partial charge on any atom is 0.405 e. The number of likely N-dealkylation sites (N-methyl/N-ethyl adjacent to an activating group) is 1. The summed E-state index contributed by atoms with van der Waals surface area (Å²) in [6.07, 6.45) is -4.44. The Morgan fingerprint density at radius 1 is 1.24 bits per heavy atom. The molecular formula is C9H16F3N3O2. The largest absolute Gasteiger partial charge is 0.405 e. The lowest BCUT2D eigenvalue weighted by molar-refractivity contribution is -0.139. The highest BCUT2D eigenvalue weighted by atomic mass is 19.4. The Labute approximate surface area is 97.1 Å².